The van der Waals surface area contributed by atoms with E-state index in [4.69, 9.17) is 4.74 Å². The number of hydrogen-bond acceptors (Lipinski definition) is 2. The zero-order valence-electron chi connectivity index (χ0n) is 8.36. The van der Waals surface area contributed by atoms with Crippen LogP contribution in [0.2, 0.25) is 0 Å². The quantitative estimate of drug-likeness (QED) is 0.739. The summed E-state index contributed by atoms with van der Waals surface area (Å²) in [6.07, 6.45) is 1.77. The van der Waals surface area contributed by atoms with Gasteiger partial charge in [-0.15, -0.1) is 0 Å². The largest absolute Gasteiger partial charge is 0.487 e. The highest BCUT2D eigenvalue weighted by molar-refractivity contribution is 14.1. The van der Waals surface area contributed by atoms with Crippen molar-refractivity contribution in [2.75, 3.05) is 0 Å². The molecular weight excluding hydrogens is 381 g/mol. The summed E-state index contributed by atoms with van der Waals surface area (Å²) in [7, 11) is 0. The Morgan fingerprint density at radius 2 is 1.88 bits per heavy atom. The first-order valence-corrected chi connectivity index (χ1v) is 6.60. The van der Waals surface area contributed by atoms with Crippen LogP contribution in [-0.2, 0) is 6.61 Å². The predicted molar refractivity (Wildman–Crippen MR) is 75.4 cm³/mol. The first-order chi connectivity index (χ1) is 7.74. The van der Waals surface area contributed by atoms with Gasteiger partial charge in [-0.05, 0) is 74.9 Å². The SMILES string of the molecule is Brc1ccc(COc2ccc(I)cc2)nc1. The minimum atomic E-state index is 0.494. The van der Waals surface area contributed by atoms with Gasteiger partial charge in [0.1, 0.15) is 12.4 Å². The van der Waals surface area contributed by atoms with E-state index >= 15 is 0 Å². The minimum Gasteiger partial charge on any atom is -0.487 e. The molecule has 82 valence electrons. The molecule has 0 spiro atoms. The van der Waals surface area contributed by atoms with Gasteiger partial charge in [-0.25, -0.2) is 0 Å². The number of halogens is 2. The Balaban J connectivity index is 1.97. The highest BCUT2D eigenvalue weighted by Gasteiger charge is 1.97. The molecule has 0 aliphatic carbocycles. The average molecular weight is 390 g/mol. The molecule has 0 N–H and O–H groups in total. The van der Waals surface area contributed by atoms with E-state index in [2.05, 4.69) is 43.5 Å². The fourth-order valence-corrected chi connectivity index (χ4v) is 1.77. The number of nitrogens with zero attached hydrogens (tertiary/aromatic N) is 1. The van der Waals surface area contributed by atoms with Crippen molar-refractivity contribution < 1.29 is 4.74 Å². The van der Waals surface area contributed by atoms with Crippen LogP contribution in [0, 0.1) is 3.57 Å². The van der Waals surface area contributed by atoms with E-state index in [1.807, 2.05) is 36.4 Å². The molecular formula is C12H9BrINO. The van der Waals surface area contributed by atoms with Crippen molar-refractivity contribution >= 4 is 38.5 Å². The zero-order chi connectivity index (χ0) is 11.4. The summed E-state index contributed by atoms with van der Waals surface area (Å²) < 4.78 is 7.78. The summed E-state index contributed by atoms with van der Waals surface area (Å²) in [6.45, 7) is 0.494. The molecule has 2 aromatic rings. The van der Waals surface area contributed by atoms with Crippen LogP contribution in [-0.4, -0.2) is 4.98 Å². The van der Waals surface area contributed by atoms with E-state index in [-0.39, 0.29) is 0 Å². The maximum atomic E-state index is 5.61. The third kappa shape index (κ3) is 3.45. The van der Waals surface area contributed by atoms with E-state index in [0.29, 0.717) is 6.61 Å². The Morgan fingerprint density at radius 1 is 1.12 bits per heavy atom. The van der Waals surface area contributed by atoms with Gasteiger partial charge in [0.2, 0.25) is 0 Å². The van der Waals surface area contributed by atoms with Crippen LogP contribution in [0.15, 0.2) is 47.1 Å². The molecule has 0 amide bonds. The van der Waals surface area contributed by atoms with Gasteiger partial charge < -0.3 is 4.74 Å². The second-order valence-corrected chi connectivity index (χ2v) is 5.37. The molecule has 0 saturated heterocycles. The normalized spacial score (nSPS) is 10.1. The molecule has 0 aliphatic rings. The van der Waals surface area contributed by atoms with Gasteiger partial charge in [-0.3, -0.25) is 4.98 Å². The second-order valence-electron chi connectivity index (χ2n) is 3.21. The topological polar surface area (TPSA) is 22.1 Å². The second kappa shape index (κ2) is 5.63. The van der Waals surface area contributed by atoms with Crippen LogP contribution in [0.1, 0.15) is 5.69 Å². The summed E-state index contributed by atoms with van der Waals surface area (Å²) >= 11 is 5.61. The fourth-order valence-electron chi connectivity index (χ4n) is 1.18. The highest BCUT2D eigenvalue weighted by atomic mass is 127. The van der Waals surface area contributed by atoms with Crippen LogP contribution < -0.4 is 4.74 Å². The molecule has 16 heavy (non-hydrogen) atoms. The Labute approximate surface area is 116 Å². The monoisotopic (exact) mass is 389 g/mol. The van der Waals surface area contributed by atoms with Crippen LogP contribution in [0.4, 0.5) is 0 Å². The van der Waals surface area contributed by atoms with Crippen molar-refractivity contribution in [1.29, 1.82) is 0 Å². The lowest BCUT2D eigenvalue weighted by molar-refractivity contribution is 0.301. The molecule has 1 aromatic carbocycles. The first kappa shape index (κ1) is 11.9. The lowest BCUT2D eigenvalue weighted by Crippen LogP contribution is -1.97. The van der Waals surface area contributed by atoms with Crippen molar-refractivity contribution in [2.45, 2.75) is 6.61 Å². The molecule has 2 rings (SSSR count). The van der Waals surface area contributed by atoms with Crippen LogP contribution in [0.25, 0.3) is 0 Å². The van der Waals surface area contributed by atoms with E-state index in [1.165, 1.54) is 3.57 Å². The summed E-state index contributed by atoms with van der Waals surface area (Å²) in [5, 5.41) is 0. The van der Waals surface area contributed by atoms with Gasteiger partial charge in [0.05, 0.1) is 5.69 Å². The molecule has 0 bridgehead atoms. The summed E-state index contributed by atoms with van der Waals surface area (Å²) in [5.74, 6) is 0.866. The molecule has 0 radical (unpaired) electrons. The molecule has 0 atom stereocenters. The fraction of sp³-hybridized carbons (Fsp3) is 0.0833. The van der Waals surface area contributed by atoms with Crippen molar-refractivity contribution in [2.24, 2.45) is 0 Å². The molecule has 0 saturated carbocycles. The Morgan fingerprint density at radius 3 is 2.50 bits per heavy atom. The zero-order valence-corrected chi connectivity index (χ0v) is 12.1. The van der Waals surface area contributed by atoms with Crippen LogP contribution >= 0.6 is 38.5 Å². The molecule has 0 aliphatic heterocycles. The van der Waals surface area contributed by atoms with Gasteiger partial charge >= 0.3 is 0 Å². The predicted octanol–water partition coefficient (Wildman–Crippen LogP) is 4.03. The molecule has 0 fully saturated rings. The molecule has 0 unspecified atom stereocenters. The highest BCUT2D eigenvalue weighted by Crippen LogP contribution is 2.15. The maximum absolute atomic E-state index is 5.61. The Hall–Kier alpha value is -0.620. The van der Waals surface area contributed by atoms with Gasteiger partial charge in [0.25, 0.3) is 0 Å². The molecule has 2 nitrogen and oxygen atoms in total. The Kier molecular flexibility index (Phi) is 4.17. The molecule has 1 aromatic heterocycles. The lowest BCUT2D eigenvalue weighted by atomic mass is 10.3. The number of rotatable bonds is 3. The number of ether oxygens (including phenoxy) is 1. The third-order valence-corrected chi connectivity index (χ3v) is 3.18. The average Bonchev–Trinajstić information content (AvgIpc) is 2.30. The smallest absolute Gasteiger partial charge is 0.130 e. The lowest BCUT2D eigenvalue weighted by Gasteiger charge is -2.05. The van der Waals surface area contributed by atoms with E-state index in [0.717, 1.165) is 15.9 Å². The van der Waals surface area contributed by atoms with E-state index in [9.17, 15) is 0 Å². The van der Waals surface area contributed by atoms with E-state index < -0.39 is 0 Å². The van der Waals surface area contributed by atoms with Crippen molar-refractivity contribution in [3.63, 3.8) is 0 Å². The Bertz CT molecular complexity index is 410. The van der Waals surface area contributed by atoms with Crippen LogP contribution in [0.3, 0.4) is 0 Å². The molecule has 1 heterocycles. The van der Waals surface area contributed by atoms with Crippen molar-refractivity contribution in [3.05, 3.63) is 56.3 Å². The standard InChI is InChI=1S/C12H9BrINO/c13-9-1-4-11(15-7-9)8-16-12-5-2-10(14)3-6-12/h1-7H,8H2. The molecule has 4 heteroatoms. The summed E-state index contributed by atoms with van der Waals surface area (Å²) in [5.41, 5.74) is 0.918. The number of hydrogen-bond donors (Lipinski definition) is 0. The van der Waals surface area contributed by atoms with Crippen molar-refractivity contribution in [1.82, 2.24) is 4.98 Å². The first-order valence-electron chi connectivity index (χ1n) is 4.73. The number of benzene rings is 1. The summed E-state index contributed by atoms with van der Waals surface area (Å²) in [6, 6.07) is 11.9. The van der Waals surface area contributed by atoms with Gasteiger partial charge in [-0.2, -0.15) is 0 Å². The minimum absolute atomic E-state index is 0.494. The third-order valence-electron chi connectivity index (χ3n) is 1.99. The maximum Gasteiger partial charge on any atom is 0.130 e. The van der Waals surface area contributed by atoms with Gasteiger partial charge in [0, 0.05) is 14.2 Å². The van der Waals surface area contributed by atoms with E-state index in [1.54, 1.807) is 6.20 Å². The van der Waals surface area contributed by atoms with Gasteiger partial charge in [0.15, 0.2) is 0 Å². The van der Waals surface area contributed by atoms with Crippen molar-refractivity contribution in [3.8, 4) is 5.75 Å². The summed E-state index contributed by atoms with van der Waals surface area (Å²) in [4.78, 5) is 4.24. The van der Waals surface area contributed by atoms with Crippen LogP contribution in [0.5, 0.6) is 5.75 Å². The van der Waals surface area contributed by atoms with Gasteiger partial charge in [-0.1, -0.05) is 0 Å². The number of pyridine rings is 1. The number of aromatic nitrogens is 1.